The number of ether oxygens (including phenoxy) is 1. The molecule has 0 heterocycles. The second kappa shape index (κ2) is 7.26. The Kier molecular flexibility index (Phi) is 5.36. The Morgan fingerprint density at radius 1 is 1.09 bits per heavy atom. The summed E-state index contributed by atoms with van der Waals surface area (Å²) >= 11 is 0. The Hall–Kier alpha value is -2.38. The maximum absolute atomic E-state index is 12.3. The Morgan fingerprint density at radius 3 is 2.39 bits per heavy atom. The summed E-state index contributed by atoms with van der Waals surface area (Å²) in [6, 6.07) is 13.0. The Balaban J connectivity index is 2.16. The first-order valence-corrected chi connectivity index (χ1v) is 8.37. The lowest BCUT2D eigenvalue weighted by atomic mass is 10.2. The SMILES string of the molecule is COCC(=O)Nc1cccc(NS(=O)(=O)c2ccc(C)cc2)c1. The van der Waals surface area contributed by atoms with Gasteiger partial charge in [0.1, 0.15) is 6.61 Å². The molecule has 2 rings (SSSR count). The molecule has 0 saturated carbocycles. The van der Waals surface area contributed by atoms with Gasteiger partial charge in [0.25, 0.3) is 10.0 Å². The number of carbonyl (C=O) groups excluding carboxylic acids is 1. The molecule has 122 valence electrons. The lowest BCUT2D eigenvalue weighted by Gasteiger charge is -2.10. The zero-order valence-electron chi connectivity index (χ0n) is 12.9. The van der Waals surface area contributed by atoms with Crippen molar-refractivity contribution in [2.45, 2.75) is 11.8 Å². The third-order valence-electron chi connectivity index (χ3n) is 3.01. The van der Waals surface area contributed by atoms with E-state index in [1.807, 2.05) is 6.92 Å². The molecule has 0 aliphatic carbocycles. The van der Waals surface area contributed by atoms with Crippen molar-refractivity contribution in [3.8, 4) is 0 Å². The van der Waals surface area contributed by atoms with Crippen molar-refractivity contribution in [2.24, 2.45) is 0 Å². The molecule has 0 saturated heterocycles. The first-order valence-electron chi connectivity index (χ1n) is 6.89. The van der Waals surface area contributed by atoms with Crippen LogP contribution in [0.25, 0.3) is 0 Å². The minimum atomic E-state index is -3.67. The molecule has 0 atom stereocenters. The number of methoxy groups -OCH3 is 1. The molecule has 6 nitrogen and oxygen atoms in total. The third kappa shape index (κ3) is 4.80. The zero-order chi connectivity index (χ0) is 16.9. The number of nitrogens with one attached hydrogen (secondary N) is 2. The smallest absolute Gasteiger partial charge is 0.261 e. The fourth-order valence-electron chi connectivity index (χ4n) is 1.92. The van der Waals surface area contributed by atoms with Gasteiger partial charge in [-0.3, -0.25) is 9.52 Å². The molecular weight excluding hydrogens is 316 g/mol. The molecule has 0 spiro atoms. The van der Waals surface area contributed by atoms with Gasteiger partial charge in [0.15, 0.2) is 0 Å². The van der Waals surface area contributed by atoms with Crippen LogP contribution in [0.1, 0.15) is 5.56 Å². The maximum Gasteiger partial charge on any atom is 0.261 e. The predicted molar refractivity (Wildman–Crippen MR) is 88.9 cm³/mol. The van der Waals surface area contributed by atoms with E-state index in [0.29, 0.717) is 11.4 Å². The van der Waals surface area contributed by atoms with Gasteiger partial charge in [0.05, 0.1) is 10.6 Å². The maximum atomic E-state index is 12.3. The van der Waals surface area contributed by atoms with Crippen LogP contribution in [-0.2, 0) is 19.6 Å². The zero-order valence-corrected chi connectivity index (χ0v) is 13.7. The summed E-state index contributed by atoms with van der Waals surface area (Å²) in [5.41, 5.74) is 1.82. The summed E-state index contributed by atoms with van der Waals surface area (Å²) in [7, 11) is -2.25. The number of anilines is 2. The number of carbonyl (C=O) groups is 1. The molecule has 2 N–H and O–H groups in total. The van der Waals surface area contributed by atoms with Gasteiger partial charge in [0, 0.05) is 12.8 Å². The topological polar surface area (TPSA) is 84.5 Å². The Morgan fingerprint density at radius 2 is 1.74 bits per heavy atom. The summed E-state index contributed by atoms with van der Waals surface area (Å²) in [5, 5.41) is 2.62. The molecule has 0 unspecified atom stereocenters. The van der Waals surface area contributed by atoms with Crippen LogP contribution in [-0.4, -0.2) is 28.0 Å². The summed E-state index contributed by atoms with van der Waals surface area (Å²) in [4.78, 5) is 11.7. The van der Waals surface area contributed by atoms with Crippen LogP contribution in [0.3, 0.4) is 0 Å². The number of benzene rings is 2. The van der Waals surface area contributed by atoms with Crippen LogP contribution < -0.4 is 10.0 Å². The van der Waals surface area contributed by atoms with E-state index in [9.17, 15) is 13.2 Å². The largest absolute Gasteiger partial charge is 0.375 e. The number of hydrogen-bond donors (Lipinski definition) is 2. The Labute approximate surface area is 135 Å². The van der Waals surface area contributed by atoms with Crippen LogP contribution in [0, 0.1) is 6.92 Å². The van der Waals surface area contributed by atoms with Crippen LogP contribution in [0.5, 0.6) is 0 Å². The molecule has 0 radical (unpaired) electrons. The second-order valence-corrected chi connectivity index (χ2v) is 6.66. The molecule has 0 bridgehead atoms. The number of aryl methyl sites for hydroxylation is 1. The van der Waals surface area contributed by atoms with Gasteiger partial charge in [-0.2, -0.15) is 0 Å². The molecule has 0 aliphatic heterocycles. The predicted octanol–water partition coefficient (Wildman–Crippen LogP) is 2.38. The minimum absolute atomic E-state index is 0.0701. The van der Waals surface area contributed by atoms with Crippen molar-refractivity contribution in [2.75, 3.05) is 23.8 Å². The molecule has 23 heavy (non-hydrogen) atoms. The summed E-state index contributed by atoms with van der Waals surface area (Å²) in [5.74, 6) is -0.314. The second-order valence-electron chi connectivity index (χ2n) is 4.98. The summed E-state index contributed by atoms with van der Waals surface area (Å²) in [6.45, 7) is 1.81. The molecule has 2 aromatic rings. The first kappa shape index (κ1) is 17.0. The van der Waals surface area contributed by atoms with Crippen molar-refractivity contribution < 1.29 is 17.9 Å². The van der Waals surface area contributed by atoms with Crippen LogP contribution >= 0.6 is 0 Å². The van der Waals surface area contributed by atoms with Gasteiger partial charge >= 0.3 is 0 Å². The van der Waals surface area contributed by atoms with E-state index in [1.54, 1.807) is 48.5 Å². The average Bonchev–Trinajstić information content (AvgIpc) is 2.47. The number of rotatable bonds is 6. The van der Waals surface area contributed by atoms with Crippen molar-refractivity contribution in [3.63, 3.8) is 0 Å². The van der Waals surface area contributed by atoms with Gasteiger partial charge in [0.2, 0.25) is 5.91 Å². The highest BCUT2D eigenvalue weighted by Gasteiger charge is 2.14. The van der Waals surface area contributed by atoms with E-state index in [1.165, 1.54) is 7.11 Å². The van der Waals surface area contributed by atoms with E-state index in [4.69, 9.17) is 4.74 Å². The number of hydrogen-bond acceptors (Lipinski definition) is 4. The third-order valence-corrected chi connectivity index (χ3v) is 4.40. The van der Waals surface area contributed by atoms with Gasteiger partial charge in [-0.15, -0.1) is 0 Å². The number of sulfonamides is 1. The molecule has 0 aliphatic rings. The quantitative estimate of drug-likeness (QED) is 0.849. The van der Waals surface area contributed by atoms with E-state index in [0.717, 1.165) is 5.56 Å². The summed E-state index contributed by atoms with van der Waals surface area (Å²) in [6.07, 6.45) is 0. The fourth-order valence-corrected chi connectivity index (χ4v) is 2.97. The summed E-state index contributed by atoms with van der Waals surface area (Å²) < 4.78 is 31.9. The molecule has 0 fully saturated rings. The fraction of sp³-hybridized carbons (Fsp3) is 0.188. The molecule has 0 aromatic heterocycles. The van der Waals surface area contributed by atoms with Gasteiger partial charge in [-0.25, -0.2) is 8.42 Å². The minimum Gasteiger partial charge on any atom is -0.375 e. The van der Waals surface area contributed by atoms with Crippen LogP contribution in [0.15, 0.2) is 53.4 Å². The van der Waals surface area contributed by atoms with Crippen LogP contribution in [0.2, 0.25) is 0 Å². The van der Waals surface area contributed by atoms with Gasteiger partial charge < -0.3 is 10.1 Å². The van der Waals surface area contributed by atoms with E-state index in [2.05, 4.69) is 10.0 Å². The van der Waals surface area contributed by atoms with Gasteiger partial charge in [-0.05, 0) is 37.3 Å². The lowest BCUT2D eigenvalue weighted by molar-refractivity contribution is -0.119. The van der Waals surface area contributed by atoms with Crippen molar-refractivity contribution in [1.29, 1.82) is 0 Å². The number of amides is 1. The van der Waals surface area contributed by atoms with E-state index >= 15 is 0 Å². The monoisotopic (exact) mass is 334 g/mol. The van der Waals surface area contributed by atoms with E-state index < -0.39 is 10.0 Å². The lowest BCUT2D eigenvalue weighted by Crippen LogP contribution is -2.17. The van der Waals surface area contributed by atoms with E-state index in [-0.39, 0.29) is 17.4 Å². The highest BCUT2D eigenvalue weighted by atomic mass is 32.2. The van der Waals surface area contributed by atoms with Crippen molar-refractivity contribution in [3.05, 3.63) is 54.1 Å². The first-order chi connectivity index (χ1) is 10.9. The molecular formula is C16H18N2O4S. The standard InChI is InChI=1S/C16H18N2O4S/c1-12-6-8-15(9-7-12)23(20,21)18-14-5-3-4-13(10-14)17-16(19)11-22-2/h3-10,18H,11H2,1-2H3,(H,17,19). The van der Waals surface area contributed by atoms with Crippen molar-refractivity contribution in [1.82, 2.24) is 0 Å². The highest BCUT2D eigenvalue weighted by molar-refractivity contribution is 7.92. The Bertz CT molecular complexity index is 786. The molecule has 2 aromatic carbocycles. The average molecular weight is 334 g/mol. The molecule has 7 heteroatoms. The highest BCUT2D eigenvalue weighted by Crippen LogP contribution is 2.19. The van der Waals surface area contributed by atoms with Crippen LogP contribution in [0.4, 0.5) is 11.4 Å². The normalized spacial score (nSPS) is 11.0. The molecule has 1 amide bonds. The van der Waals surface area contributed by atoms with Crippen molar-refractivity contribution >= 4 is 27.3 Å². The van der Waals surface area contributed by atoms with Gasteiger partial charge in [-0.1, -0.05) is 23.8 Å².